The summed E-state index contributed by atoms with van der Waals surface area (Å²) in [6.07, 6.45) is 1.61. The lowest BCUT2D eigenvalue weighted by Gasteiger charge is -1.95. The van der Waals surface area contributed by atoms with Crippen molar-refractivity contribution in [2.24, 2.45) is 0 Å². The van der Waals surface area contributed by atoms with E-state index < -0.39 is 4.92 Å². The minimum Gasteiger partial charge on any atom is -0.396 e. The van der Waals surface area contributed by atoms with Gasteiger partial charge in [0.25, 0.3) is 5.69 Å². The standard InChI is InChI=1S/C7H8N2O3/c10-4-3-6-1-2-7(5-8-6)9(11)12/h1-2,5,10H,3-4H2. The van der Waals surface area contributed by atoms with E-state index in [4.69, 9.17) is 5.11 Å². The molecule has 64 valence electrons. The molecule has 0 saturated heterocycles. The predicted molar refractivity (Wildman–Crippen MR) is 41.7 cm³/mol. The van der Waals surface area contributed by atoms with Crippen molar-refractivity contribution < 1.29 is 10.0 Å². The fraction of sp³-hybridized carbons (Fsp3) is 0.286. The van der Waals surface area contributed by atoms with Gasteiger partial charge in [-0.15, -0.1) is 0 Å². The van der Waals surface area contributed by atoms with Gasteiger partial charge in [-0.2, -0.15) is 0 Å². The van der Waals surface area contributed by atoms with Gasteiger partial charge in [-0.05, 0) is 6.07 Å². The Bertz CT molecular complexity index is 270. The van der Waals surface area contributed by atoms with Crippen molar-refractivity contribution in [3.05, 3.63) is 34.1 Å². The molecule has 0 bridgehead atoms. The van der Waals surface area contributed by atoms with Crippen LogP contribution < -0.4 is 0 Å². The number of rotatable bonds is 3. The minimum atomic E-state index is -0.504. The predicted octanol–water partition coefficient (Wildman–Crippen LogP) is 0.525. The second-order valence-corrected chi connectivity index (χ2v) is 2.24. The van der Waals surface area contributed by atoms with Crippen molar-refractivity contribution in [1.29, 1.82) is 0 Å². The van der Waals surface area contributed by atoms with Gasteiger partial charge in [0.1, 0.15) is 6.20 Å². The zero-order valence-electron chi connectivity index (χ0n) is 6.30. The largest absolute Gasteiger partial charge is 0.396 e. The van der Waals surface area contributed by atoms with E-state index in [0.29, 0.717) is 12.1 Å². The summed E-state index contributed by atoms with van der Waals surface area (Å²) >= 11 is 0. The Labute approximate surface area is 68.8 Å². The second-order valence-electron chi connectivity index (χ2n) is 2.24. The Morgan fingerprint density at radius 1 is 1.58 bits per heavy atom. The highest BCUT2D eigenvalue weighted by Gasteiger charge is 2.03. The normalized spacial score (nSPS) is 9.75. The van der Waals surface area contributed by atoms with Gasteiger partial charge in [-0.25, -0.2) is 0 Å². The van der Waals surface area contributed by atoms with Crippen molar-refractivity contribution in [3.8, 4) is 0 Å². The lowest BCUT2D eigenvalue weighted by atomic mass is 10.3. The van der Waals surface area contributed by atoms with Gasteiger partial charge in [-0.3, -0.25) is 15.1 Å². The molecule has 0 radical (unpaired) electrons. The highest BCUT2D eigenvalue weighted by atomic mass is 16.6. The average Bonchev–Trinajstić information content (AvgIpc) is 2.06. The van der Waals surface area contributed by atoms with E-state index in [1.165, 1.54) is 18.3 Å². The minimum absolute atomic E-state index is 0.00477. The third-order valence-corrected chi connectivity index (χ3v) is 1.39. The average molecular weight is 168 g/mol. The summed E-state index contributed by atoms with van der Waals surface area (Å²) in [5, 5.41) is 18.7. The van der Waals surface area contributed by atoms with Crippen molar-refractivity contribution in [2.75, 3.05) is 6.61 Å². The molecule has 0 aliphatic rings. The highest BCUT2D eigenvalue weighted by Crippen LogP contribution is 2.08. The van der Waals surface area contributed by atoms with Crippen molar-refractivity contribution >= 4 is 5.69 Å². The van der Waals surface area contributed by atoms with Crippen LogP contribution in [0.5, 0.6) is 0 Å². The van der Waals surface area contributed by atoms with Crippen LogP contribution in [0.4, 0.5) is 5.69 Å². The fourth-order valence-electron chi connectivity index (χ4n) is 0.787. The number of nitro groups is 1. The van der Waals surface area contributed by atoms with Gasteiger partial charge in [0.05, 0.1) is 4.92 Å². The number of hydrogen-bond donors (Lipinski definition) is 1. The molecule has 1 aromatic heterocycles. The SMILES string of the molecule is O=[N+]([O-])c1ccc(CCO)nc1. The number of nitrogens with zero attached hydrogens (tertiary/aromatic N) is 2. The second kappa shape index (κ2) is 3.77. The molecular weight excluding hydrogens is 160 g/mol. The quantitative estimate of drug-likeness (QED) is 0.527. The van der Waals surface area contributed by atoms with E-state index >= 15 is 0 Å². The summed E-state index contributed by atoms with van der Waals surface area (Å²) in [6.45, 7) is 0.00477. The van der Waals surface area contributed by atoms with Crippen molar-refractivity contribution in [3.63, 3.8) is 0 Å². The van der Waals surface area contributed by atoms with E-state index in [9.17, 15) is 10.1 Å². The van der Waals surface area contributed by atoms with Gasteiger partial charge >= 0.3 is 0 Å². The Balaban J connectivity index is 2.78. The number of hydrogen-bond acceptors (Lipinski definition) is 4. The van der Waals surface area contributed by atoms with E-state index in [-0.39, 0.29) is 12.3 Å². The first-order valence-corrected chi connectivity index (χ1v) is 3.44. The summed E-state index contributed by atoms with van der Waals surface area (Å²) in [7, 11) is 0. The maximum absolute atomic E-state index is 10.2. The summed E-state index contributed by atoms with van der Waals surface area (Å²) in [5.41, 5.74) is 0.625. The molecule has 5 heteroatoms. The summed E-state index contributed by atoms with van der Waals surface area (Å²) in [6, 6.07) is 2.91. The molecule has 1 aromatic rings. The summed E-state index contributed by atoms with van der Waals surface area (Å²) in [5.74, 6) is 0. The van der Waals surface area contributed by atoms with Crippen LogP contribution in [0.25, 0.3) is 0 Å². The maximum atomic E-state index is 10.2. The molecule has 0 spiro atoms. The first kappa shape index (κ1) is 8.61. The van der Waals surface area contributed by atoms with Gasteiger partial charge < -0.3 is 5.11 Å². The van der Waals surface area contributed by atoms with E-state index in [1.54, 1.807) is 0 Å². The first-order valence-electron chi connectivity index (χ1n) is 3.44. The Hall–Kier alpha value is -1.49. The Kier molecular flexibility index (Phi) is 2.71. The summed E-state index contributed by atoms with van der Waals surface area (Å²) in [4.78, 5) is 13.5. The molecule has 0 unspecified atom stereocenters. The molecule has 0 saturated carbocycles. The molecule has 1 heterocycles. The van der Waals surface area contributed by atoms with Crippen LogP contribution in [-0.4, -0.2) is 21.6 Å². The lowest BCUT2D eigenvalue weighted by molar-refractivity contribution is -0.385. The molecule has 0 aromatic carbocycles. The maximum Gasteiger partial charge on any atom is 0.287 e. The van der Waals surface area contributed by atoms with Crippen molar-refractivity contribution in [1.82, 2.24) is 4.98 Å². The topological polar surface area (TPSA) is 76.3 Å². The smallest absolute Gasteiger partial charge is 0.287 e. The van der Waals surface area contributed by atoms with Crippen LogP contribution in [-0.2, 0) is 6.42 Å². The number of pyridine rings is 1. The molecule has 0 atom stereocenters. The number of aromatic nitrogens is 1. The zero-order chi connectivity index (χ0) is 8.97. The lowest BCUT2D eigenvalue weighted by Crippen LogP contribution is -1.95. The Morgan fingerprint density at radius 3 is 2.75 bits per heavy atom. The van der Waals surface area contributed by atoms with Crippen LogP contribution in [0.1, 0.15) is 5.69 Å². The molecule has 0 amide bonds. The third-order valence-electron chi connectivity index (χ3n) is 1.39. The molecule has 12 heavy (non-hydrogen) atoms. The van der Waals surface area contributed by atoms with Gasteiger partial charge in [0, 0.05) is 24.8 Å². The number of aliphatic hydroxyl groups excluding tert-OH is 1. The number of aliphatic hydroxyl groups is 1. The first-order chi connectivity index (χ1) is 5.74. The highest BCUT2D eigenvalue weighted by molar-refractivity contribution is 5.26. The molecule has 0 fully saturated rings. The van der Waals surface area contributed by atoms with E-state index in [2.05, 4.69) is 4.98 Å². The van der Waals surface area contributed by atoms with E-state index in [1.807, 2.05) is 0 Å². The van der Waals surface area contributed by atoms with Crippen LogP contribution in [0.15, 0.2) is 18.3 Å². The van der Waals surface area contributed by atoms with Crippen molar-refractivity contribution in [2.45, 2.75) is 6.42 Å². The van der Waals surface area contributed by atoms with Gasteiger partial charge in [0.15, 0.2) is 0 Å². The van der Waals surface area contributed by atoms with Crippen LogP contribution in [0, 0.1) is 10.1 Å². The molecular formula is C7H8N2O3. The molecule has 0 aliphatic heterocycles. The molecule has 0 aliphatic carbocycles. The monoisotopic (exact) mass is 168 g/mol. The molecule has 5 nitrogen and oxygen atoms in total. The fourth-order valence-corrected chi connectivity index (χ4v) is 0.787. The summed E-state index contributed by atoms with van der Waals surface area (Å²) < 4.78 is 0. The molecule has 1 rings (SSSR count). The van der Waals surface area contributed by atoms with Gasteiger partial charge in [-0.1, -0.05) is 0 Å². The third kappa shape index (κ3) is 2.00. The zero-order valence-corrected chi connectivity index (χ0v) is 6.30. The van der Waals surface area contributed by atoms with Crippen LogP contribution >= 0.6 is 0 Å². The van der Waals surface area contributed by atoms with E-state index in [0.717, 1.165) is 0 Å². The van der Waals surface area contributed by atoms with Crippen LogP contribution in [0.2, 0.25) is 0 Å². The molecule has 1 N–H and O–H groups in total. The Morgan fingerprint density at radius 2 is 2.33 bits per heavy atom. The van der Waals surface area contributed by atoms with Gasteiger partial charge in [0.2, 0.25) is 0 Å². The van der Waals surface area contributed by atoms with Crippen LogP contribution in [0.3, 0.4) is 0 Å².